The number of aryl methyl sites for hydroxylation is 1. The summed E-state index contributed by atoms with van der Waals surface area (Å²) in [5, 5.41) is 12.6. The summed E-state index contributed by atoms with van der Waals surface area (Å²) in [6.07, 6.45) is 1.26. The van der Waals surface area contributed by atoms with Crippen molar-refractivity contribution in [1.29, 1.82) is 0 Å². The first-order chi connectivity index (χ1) is 8.16. The Kier molecular flexibility index (Phi) is 3.50. The predicted molar refractivity (Wildman–Crippen MR) is 61.6 cm³/mol. The summed E-state index contributed by atoms with van der Waals surface area (Å²) in [6, 6.07) is 1.51. The Bertz CT molecular complexity index is 418. The lowest BCUT2D eigenvalue weighted by molar-refractivity contribution is -0.385. The zero-order valence-corrected chi connectivity index (χ0v) is 9.55. The molecule has 1 N–H and O–H groups in total. The first kappa shape index (κ1) is 11.7. The fourth-order valence-electron chi connectivity index (χ4n) is 1.60. The van der Waals surface area contributed by atoms with Gasteiger partial charge in [0.15, 0.2) is 0 Å². The minimum absolute atomic E-state index is 0.00928. The van der Waals surface area contributed by atoms with Crippen molar-refractivity contribution in [3.63, 3.8) is 0 Å². The predicted octanol–water partition coefficient (Wildman–Crippen LogP) is 0.957. The van der Waals surface area contributed by atoms with Gasteiger partial charge in [0, 0.05) is 19.2 Å². The molecule has 0 saturated carbocycles. The number of nitro groups is 1. The Morgan fingerprint density at radius 1 is 1.53 bits per heavy atom. The molecule has 1 aliphatic heterocycles. The number of ether oxygens (including phenoxy) is 1. The fraction of sp³-hybridized carbons (Fsp3) is 0.500. The van der Waals surface area contributed by atoms with Gasteiger partial charge in [-0.3, -0.25) is 10.1 Å². The topological polar surface area (TPSA) is 80.5 Å². The highest BCUT2D eigenvalue weighted by Crippen LogP contribution is 2.18. The van der Waals surface area contributed by atoms with Crippen LogP contribution in [-0.2, 0) is 4.74 Å². The monoisotopic (exact) mass is 238 g/mol. The number of pyridine rings is 1. The molecule has 0 atom stereocenters. The van der Waals surface area contributed by atoms with Gasteiger partial charge in [-0.15, -0.1) is 0 Å². The largest absolute Gasteiger partial charge is 0.379 e. The summed E-state index contributed by atoms with van der Waals surface area (Å²) < 4.78 is 5.23. The molecule has 0 amide bonds. The molecule has 7 heteroatoms. The van der Waals surface area contributed by atoms with Gasteiger partial charge in [0.25, 0.3) is 5.69 Å². The van der Waals surface area contributed by atoms with Gasteiger partial charge in [0.1, 0.15) is 12.0 Å². The van der Waals surface area contributed by atoms with Gasteiger partial charge in [-0.2, -0.15) is 0 Å². The molecule has 2 heterocycles. The number of rotatable bonds is 3. The van der Waals surface area contributed by atoms with Crippen molar-refractivity contribution in [3.05, 3.63) is 27.9 Å². The van der Waals surface area contributed by atoms with Crippen LogP contribution in [0.3, 0.4) is 0 Å². The highest BCUT2D eigenvalue weighted by molar-refractivity contribution is 5.47. The molecule has 0 spiro atoms. The average Bonchev–Trinajstić information content (AvgIpc) is 2.33. The molecule has 0 aromatic carbocycles. The van der Waals surface area contributed by atoms with E-state index in [-0.39, 0.29) is 5.69 Å². The molecule has 1 saturated heterocycles. The minimum Gasteiger partial charge on any atom is -0.379 e. The van der Waals surface area contributed by atoms with Crippen molar-refractivity contribution < 1.29 is 9.66 Å². The summed E-state index contributed by atoms with van der Waals surface area (Å²) >= 11 is 0. The van der Waals surface area contributed by atoms with E-state index >= 15 is 0 Å². The molecular formula is C10H14N4O3. The molecule has 1 aromatic rings. The number of nitrogens with zero attached hydrogens (tertiary/aromatic N) is 3. The number of morpholine rings is 1. The third-order valence-electron chi connectivity index (χ3n) is 2.55. The van der Waals surface area contributed by atoms with E-state index in [2.05, 4.69) is 10.4 Å². The Morgan fingerprint density at radius 2 is 2.24 bits per heavy atom. The molecular weight excluding hydrogens is 224 g/mol. The van der Waals surface area contributed by atoms with E-state index < -0.39 is 4.92 Å². The van der Waals surface area contributed by atoms with Crippen molar-refractivity contribution in [1.82, 2.24) is 9.99 Å². The van der Waals surface area contributed by atoms with E-state index in [0.29, 0.717) is 19.0 Å². The number of hydrogen-bond acceptors (Lipinski definition) is 6. The number of nitrogens with one attached hydrogen (secondary N) is 1. The van der Waals surface area contributed by atoms with Crippen LogP contribution in [-0.4, -0.2) is 41.2 Å². The molecule has 0 bridgehead atoms. The molecule has 0 unspecified atom stereocenters. The van der Waals surface area contributed by atoms with Crippen LogP contribution < -0.4 is 5.43 Å². The molecule has 2 rings (SSSR count). The normalized spacial score (nSPS) is 16.8. The van der Waals surface area contributed by atoms with Crippen molar-refractivity contribution in [3.8, 4) is 0 Å². The second-order valence-corrected chi connectivity index (χ2v) is 3.83. The Hall–Kier alpha value is -1.73. The first-order valence-corrected chi connectivity index (χ1v) is 5.37. The number of aromatic nitrogens is 1. The van der Waals surface area contributed by atoms with Crippen LogP contribution in [0, 0.1) is 17.0 Å². The summed E-state index contributed by atoms with van der Waals surface area (Å²) in [5.74, 6) is 0.650. The lowest BCUT2D eigenvalue weighted by Gasteiger charge is -2.27. The Labute approximate surface area is 98.5 Å². The second-order valence-electron chi connectivity index (χ2n) is 3.83. The maximum atomic E-state index is 10.6. The molecule has 1 aliphatic rings. The van der Waals surface area contributed by atoms with Gasteiger partial charge in [0.05, 0.1) is 18.1 Å². The zero-order valence-electron chi connectivity index (χ0n) is 9.55. The van der Waals surface area contributed by atoms with Crippen LogP contribution in [0.5, 0.6) is 0 Å². The van der Waals surface area contributed by atoms with E-state index in [0.717, 1.165) is 18.7 Å². The second kappa shape index (κ2) is 5.07. The van der Waals surface area contributed by atoms with Crippen LogP contribution in [0.2, 0.25) is 0 Å². The van der Waals surface area contributed by atoms with E-state index in [1.54, 1.807) is 6.92 Å². The van der Waals surface area contributed by atoms with Crippen LogP contribution in [0.4, 0.5) is 11.5 Å². The SMILES string of the molecule is Cc1cc([N+](=O)[O-])cnc1NN1CCOCC1. The summed E-state index contributed by atoms with van der Waals surface area (Å²) in [7, 11) is 0. The van der Waals surface area contributed by atoms with Gasteiger partial charge in [-0.1, -0.05) is 0 Å². The van der Waals surface area contributed by atoms with Crippen molar-refractivity contribution in [2.75, 3.05) is 31.7 Å². The van der Waals surface area contributed by atoms with Crippen LogP contribution in [0.1, 0.15) is 5.56 Å². The van der Waals surface area contributed by atoms with E-state index in [4.69, 9.17) is 4.74 Å². The third kappa shape index (κ3) is 2.89. The van der Waals surface area contributed by atoms with Gasteiger partial charge < -0.3 is 10.2 Å². The number of hydrazine groups is 1. The standard InChI is InChI=1S/C10H14N4O3/c1-8-6-9(14(15)16)7-11-10(8)12-13-2-4-17-5-3-13/h6-7H,2-5H2,1H3,(H,11,12). The fourth-order valence-corrected chi connectivity index (χ4v) is 1.60. The maximum Gasteiger partial charge on any atom is 0.287 e. The number of hydrogen-bond donors (Lipinski definition) is 1. The molecule has 0 aliphatic carbocycles. The van der Waals surface area contributed by atoms with E-state index in [1.165, 1.54) is 12.3 Å². The maximum absolute atomic E-state index is 10.6. The molecule has 0 radical (unpaired) electrons. The minimum atomic E-state index is -0.446. The highest BCUT2D eigenvalue weighted by atomic mass is 16.6. The first-order valence-electron chi connectivity index (χ1n) is 5.37. The van der Waals surface area contributed by atoms with Crippen molar-refractivity contribution in [2.45, 2.75) is 6.92 Å². The third-order valence-corrected chi connectivity index (χ3v) is 2.55. The Morgan fingerprint density at radius 3 is 2.82 bits per heavy atom. The average molecular weight is 238 g/mol. The van der Waals surface area contributed by atoms with Gasteiger partial charge in [-0.25, -0.2) is 9.99 Å². The summed E-state index contributed by atoms with van der Waals surface area (Å²) in [5.41, 5.74) is 3.90. The Balaban J connectivity index is 2.08. The molecule has 17 heavy (non-hydrogen) atoms. The highest BCUT2D eigenvalue weighted by Gasteiger charge is 2.14. The van der Waals surface area contributed by atoms with Crippen molar-refractivity contribution >= 4 is 11.5 Å². The lowest BCUT2D eigenvalue weighted by atomic mass is 10.2. The quantitative estimate of drug-likeness (QED) is 0.624. The molecule has 1 aromatic heterocycles. The number of anilines is 1. The van der Waals surface area contributed by atoms with Gasteiger partial charge in [-0.05, 0) is 12.5 Å². The van der Waals surface area contributed by atoms with E-state index in [9.17, 15) is 10.1 Å². The summed E-state index contributed by atoms with van der Waals surface area (Å²) in [6.45, 7) is 4.71. The van der Waals surface area contributed by atoms with Gasteiger partial charge >= 0.3 is 0 Å². The van der Waals surface area contributed by atoms with Crippen molar-refractivity contribution in [2.24, 2.45) is 0 Å². The molecule has 92 valence electrons. The lowest BCUT2D eigenvalue weighted by Crippen LogP contribution is -2.40. The van der Waals surface area contributed by atoms with E-state index in [1.807, 2.05) is 5.01 Å². The van der Waals surface area contributed by atoms with Crippen LogP contribution in [0.25, 0.3) is 0 Å². The summed E-state index contributed by atoms with van der Waals surface area (Å²) in [4.78, 5) is 14.2. The smallest absolute Gasteiger partial charge is 0.287 e. The van der Waals surface area contributed by atoms with Crippen LogP contribution in [0.15, 0.2) is 12.3 Å². The zero-order chi connectivity index (χ0) is 12.3. The molecule has 1 fully saturated rings. The van der Waals surface area contributed by atoms with Crippen LogP contribution >= 0.6 is 0 Å². The van der Waals surface area contributed by atoms with Gasteiger partial charge in [0.2, 0.25) is 0 Å². The molecule has 7 nitrogen and oxygen atoms in total.